The Labute approximate surface area is 123 Å². The molecule has 0 spiro atoms. The van der Waals surface area contributed by atoms with Crippen LogP contribution in [0.5, 0.6) is 0 Å². The van der Waals surface area contributed by atoms with Gasteiger partial charge in [-0.05, 0) is 29.5 Å². The van der Waals surface area contributed by atoms with E-state index in [9.17, 15) is 8.42 Å². The zero-order valence-electron chi connectivity index (χ0n) is 11.4. The van der Waals surface area contributed by atoms with Crippen LogP contribution in [0.3, 0.4) is 0 Å². The highest BCUT2D eigenvalue weighted by Gasteiger charge is 2.12. The van der Waals surface area contributed by atoms with Crippen molar-refractivity contribution in [1.82, 2.24) is 9.71 Å². The Hall–Kier alpha value is -1.24. The van der Waals surface area contributed by atoms with Gasteiger partial charge in [0.25, 0.3) is 0 Å². The molecule has 0 amide bonds. The molecule has 0 aromatic carbocycles. The Morgan fingerprint density at radius 1 is 1.30 bits per heavy atom. The highest BCUT2D eigenvalue weighted by Crippen LogP contribution is 2.25. The number of thiophene rings is 1. The Morgan fingerprint density at radius 2 is 2.15 bits per heavy atom. The van der Waals surface area contributed by atoms with Crippen molar-refractivity contribution in [3.05, 3.63) is 41.4 Å². The highest BCUT2D eigenvalue weighted by atomic mass is 32.2. The molecule has 0 aliphatic rings. The molecule has 4 nitrogen and oxygen atoms in total. The predicted molar refractivity (Wildman–Crippen MR) is 83.1 cm³/mol. The maximum atomic E-state index is 11.8. The minimum atomic E-state index is -3.20. The molecule has 108 valence electrons. The van der Waals surface area contributed by atoms with E-state index in [1.54, 1.807) is 17.5 Å². The summed E-state index contributed by atoms with van der Waals surface area (Å²) in [6.45, 7) is 2.26. The van der Waals surface area contributed by atoms with Gasteiger partial charge in [0.1, 0.15) is 0 Å². The Balaban J connectivity index is 2.11. The van der Waals surface area contributed by atoms with E-state index < -0.39 is 10.0 Å². The highest BCUT2D eigenvalue weighted by molar-refractivity contribution is 7.89. The lowest BCUT2D eigenvalue weighted by molar-refractivity contribution is 0.578. The van der Waals surface area contributed by atoms with Crippen LogP contribution < -0.4 is 4.72 Å². The lowest BCUT2D eigenvalue weighted by atomic mass is 10.2. The molecule has 0 bridgehead atoms. The first-order valence-corrected chi connectivity index (χ1v) is 9.10. The molecule has 0 unspecified atom stereocenters. The van der Waals surface area contributed by atoms with Gasteiger partial charge in [-0.25, -0.2) is 13.1 Å². The van der Waals surface area contributed by atoms with E-state index in [1.165, 1.54) is 0 Å². The van der Waals surface area contributed by atoms with Gasteiger partial charge >= 0.3 is 0 Å². The normalized spacial score (nSPS) is 11.7. The van der Waals surface area contributed by atoms with E-state index >= 15 is 0 Å². The molecule has 1 N–H and O–H groups in total. The van der Waals surface area contributed by atoms with Gasteiger partial charge in [0.2, 0.25) is 10.0 Å². The van der Waals surface area contributed by atoms with Crippen LogP contribution in [0.25, 0.3) is 10.6 Å². The van der Waals surface area contributed by atoms with Gasteiger partial charge in [-0.2, -0.15) is 0 Å². The molecule has 0 saturated carbocycles. The summed E-state index contributed by atoms with van der Waals surface area (Å²) in [7, 11) is -3.20. The summed E-state index contributed by atoms with van der Waals surface area (Å²) in [5, 5.41) is 1.99. The topological polar surface area (TPSA) is 59.1 Å². The second-order valence-electron chi connectivity index (χ2n) is 4.48. The predicted octanol–water partition coefficient (Wildman–Crippen LogP) is 3.03. The van der Waals surface area contributed by atoms with E-state index in [-0.39, 0.29) is 12.3 Å². The molecule has 2 aromatic heterocycles. The number of unbranched alkanes of at least 4 members (excludes halogenated alkanes) is 1. The molecule has 2 aromatic rings. The fourth-order valence-electron chi connectivity index (χ4n) is 1.81. The molecule has 20 heavy (non-hydrogen) atoms. The summed E-state index contributed by atoms with van der Waals surface area (Å²) in [6, 6.07) is 7.68. The Kier molecular flexibility index (Phi) is 5.28. The zero-order valence-corrected chi connectivity index (χ0v) is 13.0. The number of nitrogens with zero attached hydrogens (tertiary/aromatic N) is 1. The first kappa shape index (κ1) is 15.2. The summed E-state index contributed by atoms with van der Waals surface area (Å²) in [5.74, 6) is 0.179. The van der Waals surface area contributed by atoms with E-state index in [1.807, 2.05) is 36.6 Å². The maximum Gasteiger partial charge on any atom is 0.211 e. The quantitative estimate of drug-likeness (QED) is 0.855. The molecule has 0 aliphatic heterocycles. The summed E-state index contributed by atoms with van der Waals surface area (Å²) in [5.41, 5.74) is 1.75. The Bertz CT molecular complexity index is 637. The van der Waals surface area contributed by atoms with Crippen LogP contribution in [0.1, 0.15) is 25.3 Å². The van der Waals surface area contributed by atoms with Gasteiger partial charge in [-0.15, -0.1) is 11.3 Å². The molecule has 2 rings (SSSR count). The monoisotopic (exact) mass is 310 g/mol. The smallest absolute Gasteiger partial charge is 0.211 e. The van der Waals surface area contributed by atoms with Crippen molar-refractivity contribution >= 4 is 21.4 Å². The van der Waals surface area contributed by atoms with Gasteiger partial charge in [0.05, 0.1) is 16.3 Å². The van der Waals surface area contributed by atoms with E-state index in [0.717, 1.165) is 22.6 Å². The second-order valence-corrected chi connectivity index (χ2v) is 7.36. The molecule has 6 heteroatoms. The standard InChI is InChI=1S/C14H18N2O2S2/c1-2-3-10-20(17,18)16-11-12-6-4-8-15-14(12)13-7-5-9-19-13/h4-9,16H,2-3,10-11H2,1H3. The van der Waals surface area contributed by atoms with Gasteiger partial charge < -0.3 is 0 Å². The molecule has 0 radical (unpaired) electrons. The Morgan fingerprint density at radius 3 is 2.85 bits per heavy atom. The van der Waals surface area contributed by atoms with Gasteiger partial charge in [-0.1, -0.05) is 25.5 Å². The summed E-state index contributed by atoms with van der Waals surface area (Å²) in [6.07, 6.45) is 3.28. The van der Waals surface area contributed by atoms with Crippen LogP contribution >= 0.6 is 11.3 Å². The van der Waals surface area contributed by atoms with Crippen LogP contribution in [0.4, 0.5) is 0 Å². The van der Waals surface area contributed by atoms with Crippen LogP contribution in [-0.2, 0) is 16.6 Å². The minimum absolute atomic E-state index is 0.179. The summed E-state index contributed by atoms with van der Waals surface area (Å²) >= 11 is 1.60. The SMILES string of the molecule is CCCCS(=O)(=O)NCc1cccnc1-c1cccs1. The number of aromatic nitrogens is 1. The van der Waals surface area contributed by atoms with Crippen LogP contribution in [0.2, 0.25) is 0 Å². The summed E-state index contributed by atoms with van der Waals surface area (Å²) < 4.78 is 26.3. The average Bonchev–Trinajstić information content (AvgIpc) is 2.97. The fraction of sp³-hybridized carbons (Fsp3) is 0.357. The number of rotatable bonds is 7. The zero-order chi connectivity index (χ0) is 14.4. The first-order valence-electron chi connectivity index (χ1n) is 6.57. The first-order chi connectivity index (χ1) is 9.62. The molecule has 0 fully saturated rings. The summed E-state index contributed by atoms with van der Waals surface area (Å²) in [4.78, 5) is 5.41. The molecular weight excluding hydrogens is 292 g/mol. The lowest BCUT2D eigenvalue weighted by Crippen LogP contribution is -2.26. The van der Waals surface area contributed by atoms with E-state index in [2.05, 4.69) is 9.71 Å². The number of hydrogen-bond acceptors (Lipinski definition) is 4. The largest absolute Gasteiger partial charge is 0.255 e. The molecule has 0 saturated heterocycles. The third-order valence-electron chi connectivity index (χ3n) is 2.89. The fourth-order valence-corrected chi connectivity index (χ4v) is 3.76. The van der Waals surface area contributed by atoms with E-state index in [4.69, 9.17) is 0 Å². The van der Waals surface area contributed by atoms with Gasteiger partial charge in [-0.3, -0.25) is 4.98 Å². The van der Waals surface area contributed by atoms with Crippen molar-refractivity contribution in [3.8, 4) is 10.6 Å². The van der Waals surface area contributed by atoms with Gasteiger partial charge in [0, 0.05) is 12.7 Å². The van der Waals surface area contributed by atoms with E-state index in [0.29, 0.717) is 6.42 Å². The van der Waals surface area contributed by atoms with Crippen molar-refractivity contribution in [2.24, 2.45) is 0 Å². The second kappa shape index (κ2) is 6.97. The molecular formula is C14H18N2O2S2. The minimum Gasteiger partial charge on any atom is -0.255 e. The van der Waals surface area contributed by atoms with Crippen molar-refractivity contribution in [2.75, 3.05) is 5.75 Å². The molecule has 0 atom stereocenters. The third-order valence-corrected chi connectivity index (χ3v) is 5.18. The van der Waals surface area contributed by atoms with Crippen molar-refractivity contribution in [3.63, 3.8) is 0 Å². The number of sulfonamides is 1. The number of hydrogen-bond donors (Lipinski definition) is 1. The average molecular weight is 310 g/mol. The van der Waals surface area contributed by atoms with Crippen molar-refractivity contribution in [1.29, 1.82) is 0 Å². The molecule has 0 aliphatic carbocycles. The van der Waals surface area contributed by atoms with Gasteiger partial charge in [0.15, 0.2) is 0 Å². The van der Waals surface area contributed by atoms with Crippen LogP contribution in [0, 0.1) is 0 Å². The van der Waals surface area contributed by atoms with Crippen molar-refractivity contribution < 1.29 is 8.42 Å². The molecule has 2 heterocycles. The maximum absolute atomic E-state index is 11.8. The lowest BCUT2D eigenvalue weighted by Gasteiger charge is -2.09. The number of nitrogens with one attached hydrogen (secondary N) is 1. The van der Waals surface area contributed by atoms with Crippen LogP contribution in [-0.4, -0.2) is 19.2 Å². The number of pyridine rings is 1. The third kappa shape index (κ3) is 4.13. The van der Waals surface area contributed by atoms with Crippen LogP contribution in [0.15, 0.2) is 35.8 Å². The van der Waals surface area contributed by atoms with Crippen molar-refractivity contribution in [2.45, 2.75) is 26.3 Å².